The molecule has 1 aromatic carbocycles. The molecule has 2 aromatic rings. The van der Waals surface area contributed by atoms with Gasteiger partial charge in [-0.15, -0.1) is 11.3 Å². The summed E-state index contributed by atoms with van der Waals surface area (Å²) in [5, 5.41) is 3.70. The number of halogens is 3. The molecule has 1 nitrogen and oxygen atoms in total. The van der Waals surface area contributed by atoms with Crippen molar-refractivity contribution in [2.24, 2.45) is 0 Å². The molecule has 1 atom stereocenters. The molecule has 102 valence electrons. The van der Waals surface area contributed by atoms with Gasteiger partial charge in [0.1, 0.15) is 5.82 Å². The van der Waals surface area contributed by atoms with Crippen molar-refractivity contribution in [1.29, 1.82) is 0 Å². The van der Waals surface area contributed by atoms with Crippen molar-refractivity contribution in [1.82, 2.24) is 0 Å². The van der Waals surface area contributed by atoms with Crippen LogP contribution in [0.1, 0.15) is 29.6 Å². The van der Waals surface area contributed by atoms with Crippen LogP contribution >= 0.6 is 38.9 Å². The van der Waals surface area contributed by atoms with E-state index in [1.165, 1.54) is 21.9 Å². The van der Waals surface area contributed by atoms with Crippen LogP contribution in [0.3, 0.4) is 0 Å². The first-order chi connectivity index (χ1) is 9.01. The lowest BCUT2D eigenvalue weighted by Crippen LogP contribution is -2.06. The monoisotopic (exact) mass is 361 g/mol. The molecular formula is C14H14BrClFNS. The first-order valence-electron chi connectivity index (χ1n) is 6.01. The number of thiophene rings is 1. The molecule has 0 saturated carbocycles. The van der Waals surface area contributed by atoms with Gasteiger partial charge in [0.05, 0.1) is 16.8 Å². The van der Waals surface area contributed by atoms with Gasteiger partial charge in [-0.1, -0.05) is 18.5 Å². The van der Waals surface area contributed by atoms with Gasteiger partial charge in [0.15, 0.2) is 0 Å². The van der Waals surface area contributed by atoms with Gasteiger partial charge >= 0.3 is 0 Å². The van der Waals surface area contributed by atoms with E-state index in [2.05, 4.69) is 47.2 Å². The summed E-state index contributed by atoms with van der Waals surface area (Å²) < 4.78 is 13.8. The molecule has 1 heterocycles. The third-order valence-corrected chi connectivity index (χ3v) is 5.16. The maximum atomic E-state index is 13.2. The Labute approximate surface area is 129 Å². The van der Waals surface area contributed by atoms with Crippen molar-refractivity contribution in [2.45, 2.75) is 26.3 Å². The highest BCUT2D eigenvalue weighted by Gasteiger charge is 2.13. The Hall–Kier alpha value is -0.580. The summed E-state index contributed by atoms with van der Waals surface area (Å²) in [6, 6.07) is 7.11. The largest absolute Gasteiger partial charge is 0.376 e. The number of hydrogen-bond acceptors (Lipinski definition) is 2. The summed E-state index contributed by atoms with van der Waals surface area (Å²) in [5.74, 6) is -0.348. The summed E-state index contributed by atoms with van der Waals surface area (Å²) in [4.78, 5) is 2.59. The number of nitrogens with one attached hydrogen (secondary N) is 1. The van der Waals surface area contributed by atoms with Crippen LogP contribution in [0.4, 0.5) is 10.1 Å². The zero-order valence-electron chi connectivity index (χ0n) is 10.6. The summed E-state index contributed by atoms with van der Waals surface area (Å²) in [5.41, 5.74) is 0.724. The van der Waals surface area contributed by atoms with Crippen LogP contribution in [0.25, 0.3) is 0 Å². The fourth-order valence-corrected chi connectivity index (χ4v) is 3.66. The third-order valence-electron chi connectivity index (χ3n) is 2.83. The van der Waals surface area contributed by atoms with Crippen LogP contribution in [0.2, 0.25) is 5.02 Å². The average Bonchev–Trinajstić information content (AvgIpc) is 2.82. The summed E-state index contributed by atoms with van der Waals surface area (Å²) in [7, 11) is 0. The third kappa shape index (κ3) is 3.50. The van der Waals surface area contributed by atoms with Crippen molar-refractivity contribution >= 4 is 44.6 Å². The van der Waals surface area contributed by atoms with E-state index >= 15 is 0 Å². The van der Waals surface area contributed by atoms with E-state index in [0.717, 1.165) is 12.1 Å². The minimum atomic E-state index is -0.348. The Morgan fingerprint density at radius 3 is 2.74 bits per heavy atom. The zero-order valence-corrected chi connectivity index (χ0v) is 13.8. The summed E-state index contributed by atoms with van der Waals surface area (Å²) in [6.45, 7) is 4.21. The van der Waals surface area contributed by atoms with Gasteiger partial charge in [-0.3, -0.25) is 0 Å². The second kappa shape index (κ2) is 6.25. The van der Waals surface area contributed by atoms with Crippen molar-refractivity contribution in [3.63, 3.8) is 0 Å². The first kappa shape index (κ1) is 14.8. The molecule has 1 N–H and O–H groups in total. The Kier molecular flexibility index (Phi) is 4.87. The molecular weight excluding hydrogens is 349 g/mol. The van der Waals surface area contributed by atoms with Gasteiger partial charge in [0, 0.05) is 14.2 Å². The fraction of sp³-hybridized carbons (Fsp3) is 0.286. The van der Waals surface area contributed by atoms with Crippen molar-refractivity contribution in [3.05, 3.63) is 49.3 Å². The molecule has 0 aliphatic carbocycles. The standard InChI is InChI=1S/C14H14BrClFNS/c1-3-10-4-5-13(19-10)8(2)18-14-11(15)6-9(17)7-12(14)16/h4-8,18H,3H2,1-2H3. The molecule has 0 aliphatic rings. The highest BCUT2D eigenvalue weighted by Crippen LogP contribution is 2.35. The fourth-order valence-electron chi connectivity index (χ4n) is 1.78. The number of aryl methyl sites for hydroxylation is 1. The number of benzene rings is 1. The summed E-state index contributed by atoms with van der Waals surface area (Å²) >= 11 is 11.2. The Morgan fingerprint density at radius 1 is 1.42 bits per heavy atom. The normalized spacial score (nSPS) is 12.5. The van der Waals surface area contributed by atoms with Crippen LogP contribution in [0.5, 0.6) is 0 Å². The van der Waals surface area contributed by atoms with Crippen LogP contribution in [0.15, 0.2) is 28.7 Å². The minimum absolute atomic E-state index is 0.129. The first-order valence-corrected chi connectivity index (χ1v) is 7.99. The van der Waals surface area contributed by atoms with Gasteiger partial charge in [-0.2, -0.15) is 0 Å². The minimum Gasteiger partial charge on any atom is -0.376 e. The van der Waals surface area contributed by atoms with Gasteiger partial charge in [-0.05, 0) is 53.5 Å². The molecule has 0 aliphatic heterocycles. The molecule has 19 heavy (non-hydrogen) atoms. The topological polar surface area (TPSA) is 12.0 Å². The maximum absolute atomic E-state index is 13.2. The van der Waals surface area contributed by atoms with Crippen LogP contribution in [0, 0.1) is 5.82 Å². The Balaban J connectivity index is 2.21. The molecule has 0 bridgehead atoms. The SMILES string of the molecule is CCc1ccc(C(C)Nc2c(Cl)cc(F)cc2Br)s1. The quantitative estimate of drug-likeness (QED) is 0.699. The predicted molar refractivity (Wildman–Crippen MR) is 84.8 cm³/mol. The second-order valence-electron chi connectivity index (χ2n) is 4.27. The van der Waals surface area contributed by atoms with E-state index in [4.69, 9.17) is 11.6 Å². The van der Waals surface area contributed by atoms with Crippen LogP contribution < -0.4 is 5.32 Å². The number of anilines is 1. The van der Waals surface area contributed by atoms with E-state index in [0.29, 0.717) is 9.50 Å². The Bertz CT molecular complexity index is 562. The molecule has 0 spiro atoms. The molecule has 1 aromatic heterocycles. The number of hydrogen-bond donors (Lipinski definition) is 1. The average molecular weight is 363 g/mol. The lowest BCUT2D eigenvalue weighted by molar-refractivity contribution is 0.627. The molecule has 0 saturated heterocycles. The smallest absolute Gasteiger partial charge is 0.125 e. The van der Waals surface area contributed by atoms with E-state index in [1.807, 2.05) is 0 Å². The maximum Gasteiger partial charge on any atom is 0.125 e. The second-order valence-corrected chi connectivity index (χ2v) is 6.73. The molecule has 1 unspecified atom stereocenters. The van der Waals surface area contributed by atoms with E-state index in [-0.39, 0.29) is 11.9 Å². The Morgan fingerprint density at radius 2 is 2.16 bits per heavy atom. The van der Waals surface area contributed by atoms with Crippen molar-refractivity contribution in [2.75, 3.05) is 5.32 Å². The lowest BCUT2D eigenvalue weighted by Gasteiger charge is -2.16. The van der Waals surface area contributed by atoms with Gasteiger partial charge < -0.3 is 5.32 Å². The van der Waals surface area contributed by atoms with Crippen LogP contribution in [-0.2, 0) is 6.42 Å². The van der Waals surface area contributed by atoms with Crippen molar-refractivity contribution < 1.29 is 4.39 Å². The van der Waals surface area contributed by atoms with Crippen LogP contribution in [-0.4, -0.2) is 0 Å². The molecule has 5 heteroatoms. The number of rotatable bonds is 4. The molecule has 0 amide bonds. The van der Waals surface area contributed by atoms with Gasteiger partial charge in [0.25, 0.3) is 0 Å². The molecule has 0 fully saturated rings. The summed E-state index contributed by atoms with van der Waals surface area (Å²) in [6.07, 6.45) is 1.04. The highest BCUT2D eigenvalue weighted by atomic mass is 79.9. The lowest BCUT2D eigenvalue weighted by atomic mass is 10.2. The zero-order chi connectivity index (χ0) is 14.0. The van der Waals surface area contributed by atoms with Gasteiger partial charge in [-0.25, -0.2) is 4.39 Å². The van der Waals surface area contributed by atoms with Crippen molar-refractivity contribution in [3.8, 4) is 0 Å². The molecule has 2 rings (SSSR count). The van der Waals surface area contributed by atoms with E-state index in [9.17, 15) is 4.39 Å². The van der Waals surface area contributed by atoms with E-state index < -0.39 is 0 Å². The highest BCUT2D eigenvalue weighted by molar-refractivity contribution is 9.10. The molecule has 0 radical (unpaired) electrons. The van der Waals surface area contributed by atoms with E-state index in [1.54, 1.807) is 11.3 Å². The van der Waals surface area contributed by atoms with Gasteiger partial charge in [0.2, 0.25) is 0 Å². The predicted octanol–water partition coefficient (Wildman–Crippen LogP) is 6.04.